The fourth-order valence-electron chi connectivity index (χ4n) is 3.64. The first-order valence-electron chi connectivity index (χ1n) is 9.60. The van der Waals surface area contributed by atoms with Crippen LogP contribution in [0, 0.1) is 0 Å². The predicted molar refractivity (Wildman–Crippen MR) is 117 cm³/mol. The Morgan fingerprint density at radius 2 is 1.86 bits per heavy atom. The molecule has 0 radical (unpaired) electrons. The molecule has 1 saturated heterocycles. The monoisotopic (exact) mass is 428 g/mol. The number of hydrogen-bond acceptors (Lipinski definition) is 6. The van der Waals surface area contributed by atoms with Crippen molar-refractivity contribution in [3.05, 3.63) is 71.2 Å². The van der Waals surface area contributed by atoms with Gasteiger partial charge in [-0.2, -0.15) is 0 Å². The number of sulfone groups is 1. The van der Waals surface area contributed by atoms with Gasteiger partial charge in [-0.15, -0.1) is 11.3 Å². The van der Waals surface area contributed by atoms with Crippen molar-refractivity contribution in [3.63, 3.8) is 0 Å². The van der Waals surface area contributed by atoms with Gasteiger partial charge in [-0.1, -0.05) is 42.5 Å². The summed E-state index contributed by atoms with van der Waals surface area (Å²) in [7, 11) is -1.30. The number of ether oxygens (including phenoxy) is 1. The van der Waals surface area contributed by atoms with Crippen molar-refractivity contribution in [3.8, 4) is 16.3 Å². The van der Waals surface area contributed by atoms with Crippen molar-refractivity contribution < 1.29 is 13.2 Å². The lowest BCUT2D eigenvalue weighted by molar-refractivity contribution is 0.192. The molecule has 7 heteroatoms. The SMILES string of the molecule is COc1ccc(CN(Cc2csc(-c3ccccc3)n2)[C@H]2CCS(=O)(=O)C2)cc1. The van der Waals surface area contributed by atoms with Crippen LogP contribution in [0.4, 0.5) is 0 Å². The van der Waals surface area contributed by atoms with Gasteiger partial charge < -0.3 is 4.74 Å². The van der Waals surface area contributed by atoms with Gasteiger partial charge >= 0.3 is 0 Å². The van der Waals surface area contributed by atoms with Crippen LogP contribution in [0.2, 0.25) is 0 Å². The highest BCUT2D eigenvalue weighted by molar-refractivity contribution is 7.91. The summed E-state index contributed by atoms with van der Waals surface area (Å²) in [5.41, 5.74) is 3.22. The Hall–Kier alpha value is -2.22. The van der Waals surface area contributed by atoms with Gasteiger partial charge in [-0.25, -0.2) is 13.4 Å². The zero-order valence-corrected chi connectivity index (χ0v) is 18.0. The molecule has 0 spiro atoms. The normalized spacial score (nSPS) is 18.2. The predicted octanol–water partition coefficient (Wildman–Crippen LogP) is 4.01. The van der Waals surface area contributed by atoms with Gasteiger partial charge in [0, 0.05) is 30.1 Å². The molecule has 0 amide bonds. The van der Waals surface area contributed by atoms with Crippen LogP contribution in [0.25, 0.3) is 10.6 Å². The fraction of sp³-hybridized carbons (Fsp3) is 0.318. The Morgan fingerprint density at radius 1 is 1.10 bits per heavy atom. The Kier molecular flexibility index (Phi) is 5.99. The van der Waals surface area contributed by atoms with E-state index in [1.54, 1.807) is 18.4 Å². The summed E-state index contributed by atoms with van der Waals surface area (Å²) in [5.74, 6) is 1.30. The zero-order chi connectivity index (χ0) is 20.3. The second-order valence-electron chi connectivity index (χ2n) is 7.32. The minimum Gasteiger partial charge on any atom is -0.497 e. The molecule has 1 aromatic heterocycles. The molecule has 152 valence electrons. The maximum atomic E-state index is 12.1. The molecule has 1 fully saturated rings. The first-order valence-corrected chi connectivity index (χ1v) is 12.3. The Morgan fingerprint density at radius 3 is 2.52 bits per heavy atom. The fourth-order valence-corrected chi connectivity index (χ4v) is 6.22. The lowest BCUT2D eigenvalue weighted by Crippen LogP contribution is -2.35. The molecule has 1 atom stereocenters. The van der Waals surface area contributed by atoms with Gasteiger partial charge in [-0.05, 0) is 24.1 Å². The molecule has 0 unspecified atom stereocenters. The van der Waals surface area contributed by atoms with E-state index in [4.69, 9.17) is 9.72 Å². The highest BCUT2D eigenvalue weighted by Crippen LogP contribution is 2.27. The summed E-state index contributed by atoms with van der Waals surface area (Å²) in [6, 6.07) is 18.1. The van der Waals surface area contributed by atoms with Gasteiger partial charge in [0.15, 0.2) is 9.84 Å². The third-order valence-corrected chi connectivity index (χ3v) is 7.90. The van der Waals surface area contributed by atoms with Crippen LogP contribution in [0.3, 0.4) is 0 Å². The van der Waals surface area contributed by atoms with Gasteiger partial charge in [0.2, 0.25) is 0 Å². The van der Waals surface area contributed by atoms with Crippen molar-refractivity contribution in [2.75, 3.05) is 18.6 Å². The van der Waals surface area contributed by atoms with E-state index in [-0.39, 0.29) is 17.5 Å². The summed E-state index contributed by atoms with van der Waals surface area (Å²) in [6.45, 7) is 1.32. The standard InChI is InChI=1S/C22H24N2O3S2/c1-27-21-9-7-17(8-10-21)13-24(20-11-12-29(25,26)16-20)14-19-15-28-22(23-19)18-5-3-2-4-6-18/h2-10,15,20H,11-14,16H2,1H3/t20-/m0/s1. The molecule has 5 nitrogen and oxygen atoms in total. The van der Waals surface area contributed by atoms with Crippen LogP contribution in [0.15, 0.2) is 60.0 Å². The van der Waals surface area contributed by atoms with Gasteiger partial charge in [-0.3, -0.25) is 4.90 Å². The Bertz CT molecular complexity index is 1050. The second-order valence-corrected chi connectivity index (χ2v) is 10.4. The number of rotatable bonds is 7. The minimum absolute atomic E-state index is 0.0176. The molecule has 0 N–H and O–H groups in total. The third-order valence-electron chi connectivity index (χ3n) is 5.21. The molecule has 2 aromatic carbocycles. The van der Waals surface area contributed by atoms with Gasteiger partial charge in [0.05, 0.1) is 24.3 Å². The molecule has 1 aliphatic heterocycles. The maximum absolute atomic E-state index is 12.1. The smallest absolute Gasteiger partial charge is 0.151 e. The summed E-state index contributed by atoms with van der Waals surface area (Å²) in [4.78, 5) is 7.05. The van der Waals surface area contributed by atoms with E-state index in [0.29, 0.717) is 19.5 Å². The largest absolute Gasteiger partial charge is 0.497 e. The molecule has 1 aliphatic rings. The first-order chi connectivity index (χ1) is 14.0. The van der Waals surface area contributed by atoms with Gasteiger partial charge in [0.1, 0.15) is 10.8 Å². The van der Waals surface area contributed by atoms with Crippen LogP contribution >= 0.6 is 11.3 Å². The van der Waals surface area contributed by atoms with E-state index in [0.717, 1.165) is 27.6 Å². The van der Waals surface area contributed by atoms with E-state index < -0.39 is 9.84 Å². The molecule has 29 heavy (non-hydrogen) atoms. The topological polar surface area (TPSA) is 59.5 Å². The van der Waals surface area contributed by atoms with Crippen molar-refractivity contribution in [2.24, 2.45) is 0 Å². The molecule has 0 saturated carbocycles. The second kappa shape index (κ2) is 8.65. The Balaban J connectivity index is 1.54. The Labute approximate surface area is 175 Å². The van der Waals surface area contributed by atoms with Gasteiger partial charge in [0.25, 0.3) is 0 Å². The summed E-state index contributed by atoms with van der Waals surface area (Å²) in [6.07, 6.45) is 0.675. The third kappa shape index (κ3) is 5.04. The molecular weight excluding hydrogens is 404 g/mol. The molecular formula is C22H24N2O3S2. The van der Waals surface area contributed by atoms with E-state index in [1.165, 1.54) is 0 Å². The number of thiazole rings is 1. The molecule has 0 aliphatic carbocycles. The molecule has 3 aromatic rings. The van der Waals surface area contributed by atoms with Crippen LogP contribution in [0.5, 0.6) is 5.75 Å². The lowest BCUT2D eigenvalue weighted by atomic mass is 10.1. The van der Waals surface area contributed by atoms with Crippen molar-refractivity contribution in [1.82, 2.24) is 9.88 Å². The highest BCUT2D eigenvalue weighted by Gasteiger charge is 2.32. The summed E-state index contributed by atoms with van der Waals surface area (Å²) in [5, 5.41) is 3.07. The summed E-state index contributed by atoms with van der Waals surface area (Å²) >= 11 is 1.63. The minimum atomic E-state index is -2.95. The van der Waals surface area contributed by atoms with Crippen LogP contribution in [-0.2, 0) is 22.9 Å². The number of aromatic nitrogens is 1. The average molecular weight is 429 g/mol. The lowest BCUT2D eigenvalue weighted by Gasteiger charge is -2.27. The highest BCUT2D eigenvalue weighted by atomic mass is 32.2. The van der Waals surface area contributed by atoms with Crippen LogP contribution in [-0.4, -0.2) is 43.0 Å². The summed E-state index contributed by atoms with van der Waals surface area (Å²) < 4.78 is 29.4. The maximum Gasteiger partial charge on any atom is 0.151 e. The number of nitrogens with zero attached hydrogens (tertiary/aromatic N) is 2. The number of methoxy groups -OCH3 is 1. The first kappa shape index (κ1) is 20.1. The van der Waals surface area contributed by atoms with E-state index in [2.05, 4.69) is 22.4 Å². The molecule has 2 heterocycles. The van der Waals surface area contributed by atoms with E-state index in [1.807, 2.05) is 42.5 Å². The van der Waals surface area contributed by atoms with Crippen LogP contribution in [0.1, 0.15) is 17.7 Å². The van der Waals surface area contributed by atoms with Crippen molar-refractivity contribution in [1.29, 1.82) is 0 Å². The van der Waals surface area contributed by atoms with Crippen molar-refractivity contribution in [2.45, 2.75) is 25.6 Å². The average Bonchev–Trinajstić information content (AvgIpc) is 3.35. The van der Waals surface area contributed by atoms with Crippen molar-refractivity contribution >= 4 is 21.2 Å². The molecule has 0 bridgehead atoms. The van der Waals surface area contributed by atoms with E-state index >= 15 is 0 Å². The van der Waals surface area contributed by atoms with E-state index in [9.17, 15) is 8.42 Å². The molecule has 4 rings (SSSR count). The number of benzene rings is 2. The number of hydrogen-bond donors (Lipinski definition) is 0. The zero-order valence-electron chi connectivity index (χ0n) is 16.3. The quantitative estimate of drug-likeness (QED) is 0.569. The van der Waals surface area contributed by atoms with Crippen LogP contribution < -0.4 is 4.74 Å².